The van der Waals surface area contributed by atoms with Gasteiger partial charge in [-0.1, -0.05) is 13.8 Å². The molecule has 18 heavy (non-hydrogen) atoms. The van der Waals surface area contributed by atoms with E-state index in [1.165, 1.54) is 38.9 Å². The number of likely N-dealkylation sites (tertiary alicyclic amines) is 1. The molecule has 0 aromatic carbocycles. The van der Waals surface area contributed by atoms with E-state index in [1.54, 1.807) is 0 Å². The van der Waals surface area contributed by atoms with Crippen molar-refractivity contribution in [1.82, 2.24) is 10.2 Å². The number of nitrogens with one attached hydrogen (secondary N) is 1. The number of unbranched alkanes of at least 4 members (excludes halogenated alkanes) is 1. The second-order valence-electron chi connectivity index (χ2n) is 5.98. The monoisotopic (exact) mass is 251 g/mol. The highest BCUT2D eigenvalue weighted by Gasteiger charge is 2.21. The van der Waals surface area contributed by atoms with Crippen molar-refractivity contribution in [1.29, 1.82) is 5.26 Å². The molecule has 0 saturated carbocycles. The van der Waals surface area contributed by atoms with Crippen LogP contribution >= 0.6 is 0 Å². The Morgan fingerprint density at radius 2 is 2.22 bits per heavy atom. The minimum atomic E-state index is -0.329. The summed E-state index contributed by atoms with van der Waals surface area (Å²) in [4.78, 5) is 2.59. The Labute approximate surface area is 113 Å². The molecule has 1 N–H and O–H groups in total. The first-order chi connectivity index (χ1) is 8.59. The summed E-state index contributed by atoms with van der Waals surface area (Å²) in [5, 5.41) is 12.5. The predicted molar refractivity (Wildman–Crippen MR) is 76.4 cm³/mol. The van der Waals surface area contributed by atoms with E-state index in [2.05, 4.69) is 30.1 Å². The molecule has 2 atom stereocenters. The zero-order valence-electron chi connectivity index (χ0n) is 12.3. The first kappa shape index (κ1) is 15.5. The Morgan fingerprint density at radius 1 is 1.44 bits per heavy atom. The highest BCUT2D eigenvalue weighted by atomic mass is 15.1. The van der Waals surface area contributed by atoms with Gasteiger partial charge in [0.2, 0.25) is 0 Å². The second-order valence-corrected chi connectivity index (χ2v) is 5.98. The van der Waals surface area contributed by atoms with Crippen molar-refractivity contribution in [3.63, 3.8) is 0 Å². The van der Waals surface area contributed by atoms with Gasteiger partial charge in [0.15, 0.2) is 0 Å². The number of nitriles is 1. The maximum Gasteiger partial charge on any atom is 0.103 e. The van der Waals surface area contributed by atoms with Gasteiger partial charge in [-0.15, -0.1) is 0 Å². The summed E-state index contributed by atoms with van der Waals surface area (Å²) in [5.41, 5.74) is -0.329. The molecule has 2 unspecified atom stereocenters. The van der Waals surface area contributed by atoms with Crippen LogP contribution in [0.5, 0.6) is 0 Å². The van der Waals surface area contributed by atoms with Crippen LogP contribution in [0.2, 0.25) is 0 Å². The third-order valence-electron chi connectivity index (χ3n) is 3.96. The molecule has 1 rings (SSSR count). The molecule has 3 nitrogen and oxygen atoms in total. The van der Waals surface area contributed by atoms with Crippen LogP contribution in [-0.2, 0) is 0 Å². The van der Waals surface area contributed by atoms with Crippen molar-refractivity contribution in [2.24, 2.45) is 5.92 Å². The molecular formula is C15H29N3. The van der Waals surface area contributed by atoms with Crippen LogP contribution in [0.3, 0.4) is 0 Å². The molecule has 0 aliphatic carbocycles. The molecule has 1 heterocycles. The molecule has 1 aliphatic rings. The summed E-state index contributed by atoms with van der Waals surface area (Å²) in [5.74, 6) is 0.866. The van der Waals surface area contributed by atoms with Crippen LogP contribution in [0.25, 0.3) is 0 Å². The fourth-order valence-corrected chi connectivity index (χ4v) is 2.88. The minimum absolute atomic E-state index is 0.329. The van der Waals surface area contributed by atoms with Crippen molar-refractivity contribution in [3.8, 4) is 6.07 Å². The molecule has 3 heteroatoms. The van der Waals surface area contributed by atoms with Crippen LogP contribution in [0.4, 0.5) is 0 Å². The molecule has 0 spiro atoms. The quantitative estimate of drug-likeness (QED) is 0.707. The molecule has 0 bridgehead atoms. The Bertz CT molecular complexity index is 271. The molecule has 1 aliphatic heterocycles. The van der Waals surface area contributed by atoms with Crippen molar-refractivity contribution in [3.05, 3.63) is 0 Å². The number of piperidine rings is 1. The van der Waals surface area contributed by atoms with E-state index in [0.29, 0.717) is 0 Å². The zero-order valence-corrected chi connectivity index (χ0v) is 12.3. The maximum absolute atomic E-state index is 9.18. The van der Waals surface area contributed by atoms with Crippen molar-refractivity contribution >= 4 is 0 Å². The SMILES string of the molecule is CCNC(C)(C#N)CCCCN1CCCC(C)C1. The van der Waals surface area contributed by atoms with E-state index in [0.717, 1.165) is 25.3 Å². The molecule has 0 aromatic heterocycles. The van der Waals surface area contributed by atoms with E-state index in [-0.39, 0.29) is 5.54 Å². The fourth-order valence-electron chi connectivity index (χ4n) is 2.88. The largest absolute Gasteiger partial charge is 0.303 e. The lowest BCUT2D eigenvalue weighted by atomic mass is 9.96. The maximum atomic E-state index is 9.18. The summed E-state index contributed by atoms with van der Waals surface area (Å²) in [7, 11) is 0. The van der Waals surface area contributed by atoms with E-state index in [1.807, 2.05) is 6.92 Å². The molecule has 1 saturated heterocycles. The van der Waals surface area contributed by atoms with Gasteiger partial charge < -0.3 is 4.90 Å². The Morgan fingerprint density at radius 3 is 2.83 bits per heavy atom. The van der Waals surface area contributed by atoms with Gasteiger partial charge in [-0.3, -0.25) is 5.32 Å². The number of hydrogen-bond donors (Lipinski definition) is 1. The van der Waals surface area contributed by atoms with Gasteiger partial charge >= 0.3 is 0 Å². The number of rotatable bonds is 7. The summed E-state index contributed by atoms with van der Waals surface area (Å²) >= 11 is 0. The van der Waals surface area contributed by atoms with Crippen molar-refractivity contribution in [2.75, 3.05) is 26.2 Å². The average Bonchev–Trinajstić information content (AvgIpc) is 2.35. The van der Waals surface area contributed by atoms with E-state index >= 15 is 0 Å². The van der Waals surface area contributed by atoms with Gasteiger partial charge in [0.1, 0.15) is 5.54 Å². The van der Waals surface area contributed by atoms with E-state index in [4.69, 9.17) is 0 Å². The van der Waals surface area contributed by atoms with Crippen LogP contribution in [0.1, 0.15) is 52.9 Å². The normalized spacial score (nSPS) is 24.4. The van der Waals surface area contributed by atoms with Crippen LogP contribution in [0, 0.1) is 17.2 Å². The molecule has 0 aromatic rings. The molecule has 0 radical (unpaired) electrons. The van der Waals surface area contributed by atoms with Crippen LogP contribution < -0.4 is 5.32 Å². The van der Waals surface area contributed by atoms with Gasteiger partial charge in [-0.25, -0.2) is 0 Å². The smallest absolute Gasteiger partial charge is 0.103 e. The molecular weight excluding hydrogens is 222 g/mol. The summed E-state index contributed by atoms with van der Waals surface area (Å²) in [6, 6.07) is 2.40. The second kappa shape index (κ2) is 7.76. The lowest BCUT2D eigenvalue weighted by Crippen LogP contribution is -2.41. The number of hydrogen-bond acceptors (Lipinski definition) is 3. The first-order valence-corrected chi connectivity index (χ1v) is 7.48. The van der Waals surface area contributed by atoms with E-state index in [9.17, 15) is 5.26 Å². The van der Waals surface area contributed by atoms with Crippen LogP contribution in [-0.4, -0.2) is 36.6 Å². The fraction of sp³-hybridized carbons (Fsp3) is 0.933. The standard InChI is InChI=1S/C15H29N3/c1-4-17-15(3,13-16)9-5-6-10-18-11-7-8-14(2)12-18/h14,17H,4-12H2,1-3H3. The zero-order chi connectivity index (χ0) is 13.4. The van der Waals surface area contributed by atoms with Crippen molar-refractivity contribution in [2.45, 2.75) is 58.4 Å². The Balaban J connectivity index is 2.16. The summed E-state index contributed by atoms with van der Waals surface area (Å²) < 4.78 is 0. The first-order valence-electron chi connectivity index (χ1n) is 7.48. The lowest BCUT2D eigenvalue weighted by Gasteiger charge is -2.31. The molecule has 104 valence electrons. The van der Waals surface area contributed by atoms with Gasteiger partial charge in [0, 0.05) is 6.54 Å². The summed E-state index contributed by atoms with van der Waals surface area (Å²) in [6.45, 7) is 11.0. The predicted octanol–water partition coefficient (Wildman–Crippen LogP) is 2.78. The topological polar surface area (TPSA) is 39.1 Å². The van der Waals surface area contributed by atoms with Gasteiger partial charge in [0.25, 0.3) is 0 Å². The average molecular weight is 251 g/mol. The highest BCUT2D eigenvalue weighted by molar-refractivity contribution is 5.03. The van der Waals surface area contributed by atoms with Gasteiger partial charge in [-0.2, -0.15) is 5.26 Å². The molecule has 0 amide bonds. The minimum Gasteiger partial charge on any atom is -0.303 e. The highest BCUT2D eigenvalue weighted by Crippen LogP contribution is 2.17. The summed E-state index contributed by atoms with van der Waals surface area (Å²) in [6.07, 6.45) is 6.07. The third kappa shape index (κ3) is 5.37. The van der Waals surface area contributed by atoms with Gasteiger partial charge in [-0.05, 0) is 64.6 Å². The Hall–Kier alpha value is -0.590. The molecule has 1 fully saturated rings. The lowest BCUT2D eigenvalue weighted by molar-refractivity contribution is 0.179. The Kier molecular flexibility index (Phi) is 6.67. The van der Waals surface area contributed by atoms with E-state index < -0.39 is 0 Å². The third-order valence-corrected chi connectivity index (χ3v) is 3.96. The number of nitrogens with zero attached hydrogens (tertiary/aromatic N) is 2. The van der Waals surface area contributed by atoms with Crippen LogP contribution in [0.15, 0.2) is 0 Å². The van der Waals surface area contributed by atoms with Crippen molar-refractivity contribution < 1.29 is 0 Å². The van der Waals surface area contributed by atoms with Gasteiger partial charge in [0.05, 0.1) is 6.07 Å².